The molecule has 6 heteroatoms. The maximum atomic E-state index is 12.8. The Bertz CT molecular complexity index is 933. The van der Waals surface area contributed by atoms with E-state index in [0.29, 0.717) is 11.1 Å². The molecule has 1 N–H and O–H groups in total. The molecule has 2 aromatic heterocycles. The fourth-order valence-electron chi connectivity index (χ4n) is 3.43. The Morgan fingerprint density at radius 2 is 2.12 bits per heavy atom. The second-order valence-corrected chi connectivity index (χ2v) is 6.80. The van der Waals surface area contributed by atoms with Crippen molar-refractivity contribution in [2.75, 3.05) is 6.54 Å². The van der Waals surface area contributed by atoms with Crippen molar-refractivity contribution >= 4 is 28.0 Å². The Labute approximate surface area is 142 Å². The summed E-state index contributed by atoms with van der Waals surface area (Å²) >= 11 is 1.66. The first kappa shape index (κ1) is 15.1. The van der Waals surface area contributed by atoms with Gasteiger partial charge in [-0.15, -0.1) is 0 Å². The van der Waals surface area contributed by atoms with E-state index in [1.54, 1.807) is 17.4 Å². The molecule has 0 aliphatic carbocycles. The highest BCUT2D eigenvalue weighted by Gasteiger charge is 2.30. The van der Waals surface area contributed by atoms with Crippen molar-refractivity contribution in [1.82, 2.24) is 15.1 Å². The van der Waals surface area contributed by atoms with E-state index in [1.807, 2.05) is 28.5 Å². The van der Waals surface area contributed by atoms with Crippen LogP contribution in [0.3, 0.4) is 0 Å². The first-order valence-electron chi connectivity index (χ1n) is 8.02. The summed E-state index contributed by atoms with van der Waals surface area (Å²) in [6.45, 7) is 0.778. The van der Waals surface area contributed by atoms with Gasteiger partial charge in [0.2, 0.25) is 5.91 Å². The molecule has 1 aromatic carbocycles. The molecule has 1 aliphatic heterocycles. The predicted molar refractivity (Wildman–Crippen MR) is 94.1 cm³/mol. The van der Waals surface area contributed by atoms with Gasteiger partial charge in [0.05, 0.1) is 23.5 Å². The smallest absolute Gasteiger partial charge is 0.272 e. The summed E-state index contributed by atoms with van der Waals surface area (Å²) in [5.74, 6) is 0.0633. The molecule has 1 aliphatic rings. The van der Waals surface area contributed by atoms with E-state index < -0.39 is 0 Å². The maximum Gasteiger partial charge on any atom is 0.272 e. The SMILES string of the molecule is O=C(Cc1n[nH]c(=O)c2ccccc12)N1CCCC1c1ccsc1. The van der Waals surface area contributed by atoms with Crippen molar-refractivity contribution in [3.05, 3.63) is 62.7 Å². The van der Waals surface area contributed by atoms with Crippen molar-refractivity contribution in [3.8, 4) is 0 Å². The van der Waals surface area contributed by atoms with Gasteiger partial charge in [-0.25, -0.2) is 5.10 Å². The molecule has 0 radical (unpaired) electrons. The number of hydrogen-bond donors (Lipinski definition) is 1. The highest BCUT2D eigenvalue weighted by molar-refractivity contribution is 7.08. The minimum atomic E-state index is -0.223. The van der Waals surface area contributed by atoms with Gasteiger partial charge in [-0.2, -0.15) is 16.4 Å². The Morgan fingerprint density at radius 1 is 1.29 bits per heavy atom. The molecule has 1 atom stereocenters. The van der Waals surface area contributed by atoms with Crippen molar-refractivity contribution in [2.45, 2.75) is 25.3 Å². The van der Waals surface area contributed by atoms with Gasteiger partial charge in [0, 0.05) is 11.9 Å². The van der Waals surface area contributed by atoms with Gasteiger partial charge in [-0.05, 0) is 41.3 Å². The zero-order valence-corrected chi connectivity index (χ0v) is 13.9. The summed E-state index contributed by atoms with van der Waals surface area (Å²) in [5, 5.41) is 12.1. The molecule has 4 rings (SSSR count). The lowest BCUT2D eigenvalue weighted by Crippen LogP contribution is -2.32. The number of fused-ring (bicyclic) bond motifs is 1. The van der Waals surface area contributed by atoms with E-state index in [1.165, 1.54) is 5.56 Å². The molecular formula is C18H17N3O2S. The number of H-pyrrole nitrogens is 1. The van der Waals surface area contributed by atoms with Crippen molar-refractivity contribution in [2.24, 2.45) is 0 Å². The van der Waals surface area contributed by atoms with E-state index in [4.69, 9.17) is 0 Å². The molecule has 3 aromatic rings. The molecule has 1 unspecified atom stereocenters. The number of rotatable bonds is 3. The second-order valence-electron chi connectivity index (χ2n) is 6.02. The lowest BCUT2D eigenvalue weighted by Gasteiger charge is -2.24. The van der Waals surface area contributed by atoms with Crippen LogP contribution in [-0.4, -0.2) is 27.5 Å². The minimum absolute atomic E-state index is 0.0633. The Hall–Kier alpha value is -2.47. The van der Waals surface area contributed by atoms with Gasteiger partial charge >= 0.3 is 0 Å². The molecular weight excluding hydrogens is 322 g/mol. The highest BCUT2D eigenvalue weighted by Crippen LogP contribution is 2.33. The first-order valence-corrected chi connectivity index (χ1v) is 8.96. The summed E-state index contributed by atoms with van der Waals surface area (Å²) in [7, 11) is 0. The van der Waals surface area contributed by atoms with Crippen LogP contribution in [0.2, 0.25) is 0 Å². The maximum absolute atomic E-state index is 12.8. The number of likely N-dealkylation sites (tertiary alicyclic amines) is 1. The molecule has 1 saturated heterocycles. The third-order valence-electron chi connectivity index (χ3n) is 4.59. The zero-order chi connectivity index (χ0) is 16.5. The molecule has 0 spiro atoms. The molecule has 3 heterocycles. The standard InChI is InChI=1S/C18H17N3O2S/c22-17(21-8-3-6-16(21)12-7-9-24-11-12)10-15-13-4-1-2-5-14(13)18(23)20-19-15/h1-2,4-5,7,9,11,16H,3,6,8,10H2,(H,20,23). The normalized spacial score (nSPS) is 17.5. The summed E-state index contributed by atoms with van der Waals surface area (Å²) in [6.07, 6.45) is 2.23. The number of aromatic nitrogens is 2. The fraction of sp³-hybridized carbons (Fsp3) is 0.278. The second kappa shape index (κ2) is 6.20. The van der Waals surface area contributed by atoms with Gasteiger partial charge in [-0.3, -0.25) is 9.59 Å². The number of aromatic amines is 1. The van der Waals surface area contributed by atoms with E-state index in [9.17, 15) is 9.59 Å². The number of benzene rings is 1. The summed E-state index contributed by atoms with van der Waals surface area (Å²) in [5.41, 5.74) is 1.62. The molecule has 5 nitrogen and oxygen atoms in total. The van der Waals surface area contributed by atoms with Gasteiger partial charge in [-0.1, -0.05) is 18.2 Å². The zero-order valence-electron chi connectivity index (χ0n) is 13.1. The number of carbonyl (C=O) groups is 1. The minimum Gasteiger partial charge on any atom is -0.335 e. The van der Waals surface area contributed by atoms with Crippen molar-refractivity contribution in [1.29, 1.82) is 0 Å². The first-order chi connectivity index (χ1) is 11.7. The Morgan fingerprint density at radius 3 is 2.92 bits per heavy atom. The van der Waals surface area contributed by atoms with Crippen LogP contribution < -0.4 is 5.56 Å². The average Bonchev–Trinajstić information content (AvgIpc) is 3.28. The van der Waals surface area contributed by atoms with Crippen molar-refractivity contribution in [3.63, 3.8) is 0 Å². The van der Waals surface area contributed by atoms with Gasteiger partial charge < -0.3 is 4.90 Å². The molecule has 1 amide bonds. The van der Waals surface area contributed by atoms with Crippen LogP contribution in [0.4, 0.5) is 0 Å². The number of thiophene rings is 1. The highest BCUT2D eigenvalue weighted by atomic mass is 32.1. The van der Waals surface area contributed by atoms with E-state index in [2.05, 4.69) is 21.6 Å². The van der Waals surface area contributed by atoms with Gasteiger partial charge in [0.15, 0.2) is 0 Å². The van der Waals surface area contributed by atoms with Crippen LogP contribution in [0.15, 0.2) is 45.9 Å². The quantitative estimate of drug-likeness (QED) is 0.798. The predicted octanol–water partition coefficient (Wildman–Crippen LogP) is 2.89. The summed E-state index contributed by atoms with van der Waals surface area (Å²) in [4.78, 5) is 26.7. The molecule has 1 fully saturated rings. The van der Waals surface area contributed by atoms with Crippen LogP contribution in [-0.2, 0) is 11.2 Å². The molecule has 122 valence electrons. The molecule has 0 saturated carbocycles. The van der Waals surface area contributed by atoms with Crippen LogP contribution >= 0.6 is 11.3 Å². The van der Waals surface area contributed by atoms with Crippen LogP contribution in [0.5, 0.6) is 0 Å². The summed E-state index contributed by atoms with van der Waals surface area (Å²) in [6, 6.07) is 9.54. The number of nitrogens with zero attached hydrogens (tertiary/aromatic N) is 2. The number of nitrogens with one attached hydrogen (secondary N) is 1. The summed E-state index contributed by atoms with van der Waals surface area (Å²) < 4.78 is 0. The Kier molecular flexibility index (Phi) is 3.90. The van der Waals surface area contributed by atoms with E-state index in [-0.39, 0.29) is 23.9 Å². The topological polar surface area (TPSA) is 66.1 Å². The largest absolute Gasteiger partial charge is 0.335 e. The fourth-order valence-corrected chi connectivity index (χ4v) is 4.13. The van der Waals surface area contributed by atoms with Crippen molar-refractivity contribution < 1.29 is 4.79 Å². The lowest BCUT2D eigenvalue weighted by atomic mass is 10.1. The molecule has 24 heavy (non-hydrogen) atoms. The van der Waals surface area contributed by atoms with Crippen LogP contribution in [0.1, 0.15) is 30.1 Å². The number of amides is 1. The van der Waals surface area contributed by atoms with E-state index in [0.717, 1.165) is 24.8 Å². The number of carbonyl (C=O) groups excluding carboxylic acids is 1. The molecule has 0 bridgehead atoms. The third-order valence-corrected chi connectivity index (χ3v) is 5.30. The monoisotopic (exact) mass is 339 g/mol. The lowest BCUT2D eigenvalue weighted by molar-refractivity contribution is -0.131. The number of hydrogen-bond acceptors (Lipinski definition) is 4. The van der Waals surface area contributed by atoms with Gasteiger partial charge in [0.25, 0.3) is 5.56 Å². The van der Waals surface area contributed by atoms with Crippen LogP contribution in [0.25, 0.3) is 10.8 Å². The average molecular weight is 339 g/mol. The third kappa shape index (κ3) is 2.63. The van der Waals surface area contributed by atoms with E-state index >= 15 is 0 Å². The van der Waals surface area contributed by atoms with Gasteiger partial charge in [0.1, 0.15) is 0 Å². The Balaban J connectivity index is 1.63. The van der Waals surface area contributed by atoms with Crippen LogP contribution in [0, 0.1) is 0 Å².